The van der Waals surface area contributed by atoms with Gasteiger partial charge in [0.05, 0.1) is 0 Å². The molecule has 0 aromatic heterocycles. The van der Waals surface area contributed by atoms with Crippen molar-refractivity contribution in [2.24, 2.45) is 34.5 Å². The van der Waals surface area contributed by atoms with Crippen LogP contribution in [0.2, 0.25) is 0 Å². The molecule has 4 aliphatic carbocycles. The van der Waals surface area contributed by atoms with Crippen LogP contribution >= 0.6 is 0 Å². The van der Waals surface area contributed by atoms with E-state index in [-0.39, 0.29) is 5.41 Å². The molecule has 3 saturated carbocycles. The Kier molecular flexibility index (Phi) is 2.98. The number of ketones is 1. The summed E-state index contributed by atoms with van der Waals surface area (Å²) in [5, 5.41) is 0. The SMILES string of the molecule is C[C@H]1C[C@]2(C)C(=O)CC[C@H]2[C@@H]2CC=C3CCCC[C@]3(C)[C@H]21. The zero-order valence-corrected chi connectivity index (χ0v) is 14.0. The molecule has 1 nitrogen and oxygen atoms in total. The van der Waals surface area contributed by atoms with Crippen LogP contribution in [-0.2, 0) is 4.79 Å². The summed E-state index contributed by atoms with van der Waals surface area (Å²) >= 11 is 0. The van der Waals surface area contributed by atoms with E-state index in [4.69, 9.17) is 0 Å². The van der Waals surface area contributed by atoms with Crippen LogP contribution in [0.3, 0.4) is 0 Å². The minimum atomic E-state index is 0.0109. The van der Waals surface area contributed by atoms with E-state index >= 15 is 0 Å². The van der Waals surface area contributed by atoms with Crippen LogP contribution in [0.4, 0.5) is 0 Å². The fourth-order valence-electron chi connectivity index (χ4n) is 7.18. The summed E-state index contributed by atoms with van der Waals surface area (Å²) in [6.45, 7) is 7.31. The molecule has 0 bridgehead atoms. The van der Waals surface area contributed by atoms with Gasteiger partial charge in [-0.1, -0.05) is 38.8 Å². The van der Waals surface area contributed by atoms with Crippen molar-refractivity contribution in [2.75, 3.05) is 0 Å². The van der Waals surface area contributed by atoms with Crippen LogP contribution < -0.4 is 0 Å². The number of fused-ring (bicyclic) bond motifs is 5. The predicted molar refractivity (Wildman–Crippen MR) is 85.9 cm³/mol. The number of allylic oxidation sites excluding steroid dienone is 2. The highest BCUT2D eigenvalue weighted by Gasteiger charge is 2.60. The molecular formula is C20H30O. The van der Waals surface area contributed by atoms with Gasteiger partial charge in [0.15, 0.2) is 0 Å². The zero-order chi connectivity index (χ0) is 14.8. The predicted octanol–water partition coefficient (Wildman–Crippen LogP) is 5.15. The standard InChI is InChI=1S/C20H30O/c1-13-12-20(3)16(9-10-17(20)21)15-8-7-14-6-4-5-11-19(14,2)18(13)15/h7,13,15-16,18H,4-6,8-12H2,1-3H3/t13-,15-,16-,18-,19-,20-/m0/s1. The lowest BCUT2D eigenvalue weighted by Crippen LogP contribution is -2.53. The minimum absolute atomic E-state index is 0.0109. The first-order valence-corrected chi connectivity index (χ1v) is 9.19. The Morgan fingerprint density at radius 1 is 1.14 bits per heavy atom. The fraction of sp³-hybridized carbons (Fsp3) is 0.850. The first kappa shape index (κ1) is 14.0. The van der Waals surface area contributed by atoms with E-state index in [1.807, 2.05) is 0 Å². The maximum atomic E-state index is 12.5. The molecule has 116 valence electrons. The van der Waals surface area contributed by atoms with E-state index in [2.05, 4.69) is 26.8 Å². The van der Waals surface area contributed by atoms with Gasteiger partial charge in [-0.05, 0) is 67.6 Å². The summed E-state index contributed by atoms with van der Waals surface area (Å²) in [4.78, 5) is 12.5. The Bertz CT molecular complexity index is 504. The number of hydrogen-bond donors (Lipinski definition) is 0. The molecule has 0 saturated heterocycles. The second kappa shape index (κ2) is 4.46. The van der Waals surface area contributed by atoms with Crippen molar-refractivity contribution in [3.63, 3.8) is 0 Å². The van der Waals surface area contributed by atoms with Crippen LogP contribution in [0.1, 0.15) is 72.1 Å². The third-order valence-electron chi connectivity index (χ3n) is 7.97. The van der Waals surface area contributed by atoms with Gasteiger partial charge < -0.3 is 0 Å². The van der Waals surface area contributed by atoms with E-state index in [9.17, 15) is 4.79 Å². The normalized spacial score (nSPS) is 52.7. The van der Waals surface area contributed by atoms with Crippen molar-refractivity contribution in [1.82, 2.24) is 0 Å². The van der Waals surface area contributed by atoms with Gasteiger partial charge in [0.25, 0.3) is 0 Å². The second-order valence-electron chi connectivity index (χ2n) is 8.95. The van der Waals surface area contributed by atoms with Crippen LogP contribution in [-0.4, -0.2) is 5.78 Å². The van der Waals surface area contributed by atoms with E-state index in [0.717, 1.165) is 24.7 Å². The van der Waals surface area contributed by atoms with Crippen LogP contribution in [0.15, 0.2) is 11.6 Å². The zero-order valence-electron chi connectivity index (χ0n) is 14.0. The summed E-state index contributed by atoms with van der Waals surface area (Å²) in [6, 6.07) is 0. The summed E-state index contributed by atoms with van der Waals surface area (Å²) in [5.74, 6) is 3.56. The van der Waals surface area contributed by atoms with Gasteiger partial charge in [-0.3, -0.25) is 4.79 Å². The maximum Gasteiger partial charge on any atom is 0.139 e. The molecule has 21 heavy (non-hydrogen) atoms. The molecule has 6 atom stereocenters. The molecule has 3 fully saturated rings. The molecule has 4 aliphatic rings. The molecule has 0 heterocycles. The lowest BCUT2D eigenvalue weighted by Gasteiger charge is -2.59. The van der Waals surface area contributed by atoms with Crippen molar-refractivity contribution >= 4 is 5.78 Å². The molecule has 0 aliphatic heterocycles. The molecule has 0 aromatic carbocycles. The van der Waals surface area contributed by atoms with Crippen molar-refractivity contribution in [3.05, 3.63) is 11.6 Å². The molecule has 0 N–H and O–H groups in total. The van der Waals surface area contributed by atoms with E-state index in [1.54, 1.807) is 5.57 Å². The third-order valence-corrected chi connectivity index (χ3v) is 7.97. The highest BCUT2D eigenvalue weighted by molar-refractivity contribution is 5.87. The second-order valence-corrected chi connectivity index (χ2v) is 8.95. The summed E-state index contributed by atoms with van der Waals surface area (Å²) in [5.41, 5.74) is 2.24. The number of hydrogen-bond acceptors (Lipinski definition) is 1. The van der Waals surface area contributed by atoms with E-state index < -0.39 is 0 Å². The first-order valence-electron chi connectivity index (χ1n) is 9.19. The minimum Gasteiger partial charge on any atom is -0.299 e. The summed E-state index contributed by atoms with van der Waals surface area (Å²) in [6.07, 6.45) is 12.6. The first-order chi connectivity index (χ1) is 9.97. The molecular weight excluding hydrogens is 256 g/mol. The average molecular weight is 286 g/mol. The molecule has 0 radical (unpaired) electrons. The van der Waals surface area contributed by atoms with Gasteiger partial charge in [0, 0.05) is 11.8 Å². The van der Waals surface area contributed by atoms with Crippen LogP contribution in [0, 0.1) is 34.5 Å². The van der Waals surface area contributed by atoms with Gasteiger partial charge in [-0.25, -0.2) is 0 Å². The topological polar surface area (TPSA) is 17.1 Å². The Labute approximate surface area is 129 Å². The molecule has 0 spiro atoms. The Balaban J connectivity index is 1.76. The average Bonchev–Trinajstić information content (AvgIpc) is 2.73. The summed E-state index contributed by atoms with van der Waals surface area (Å²) < 4.78 is 0. The molecule has 0 aromatic rings. The lowest BCUT2D eigenvalue weighted by molar-refractivity contribution is -0.135. The molecule has 0 unspecified atom stereocenters. The quantitative estimate of drug-likeness (QED) is 0.562. The fourth-order valence-corrected chi connectivity index (χ4v) is 7.18. The van der Waals surface area contributed by atoms with Gasteiger partial charge in [0.1, 0.15) is 5.78 Å². The Morgan fingerprint density at radius 2 is 1.95 bits per heavy atom. The number of Topliss-reactive ketones (excluding diaryl/α,β-unsaturated/α-hetero) is 1. The Hall–Kier alpha value is -0.590. The monoisotopic (exact) mass is 286 g/mol. The summed E-state index contributed by atoms with van der Waals surface area (Å²) in [7, 11) is 0. The van der Waals surface area contributed by atoms with Gasteiger partial charge in [-0.15, -0.1) is 0 Å². The number of carbonyl (C=O) groups excluding carboxylic acids is 1. The van der Waals surface area contributed by atoms with E-state index in [1.165, 1.54) is 38.5 Å². The lowest BCUT2D eigenvalue weighted by atomic mass is 9.45. The maximum absolute atomic E-state index is 12.5. The van der Waals surface area contributed by atoms with Crippen molar-refractivity contribution in [2.45, 2.75) is 72.1 Å². The van der Waals surface area contributed by atoms with Crippen molar-refractivity contribution in [1.29, 1.82) is 0 Å². The van der Waals surface area contributed by atoms with Crippen molar-refractivity contribution < 1.29 is 4.79 Å². The Morgan fingerprint density at radius 3 is 2.76 bits per heavy atom. The smallest absolute Gasteiger partial charge is 0.139 e. The van der Waals surface area contributed by atoms with Gasteiger partial charge >= 0.3 is 0 Å². The van der Waals surface area contributed by atoms with Gasteiger partial charge in [0.2, 0.25) is 0 Å². The van der Waals surface area contributed by atoms with Crippen molar-refractivity contribution in [3.8, 4) is 0 Å². The molecule has 1 heteroatoms. The largest absolute Gasteiger partial charge is 0.299 e. The van der Waals surface area contributed by atoms with E-state index in [0.29, 0.717) is 23.0 Å². The molecule has 4 rings (SSSR count). The van der Waals surface area contributed by atoms with Crippen LogP contribution in [0.25, 0.3) is 0 Å². The van der Waals surface area contributed by atoms with Gasteiger partial charge in [-0.2, -0.15) is 0 Å². The number of carbonyl (C=O) groups is 1. The van der Waals surface area contributed by atoms with Crippen LogP contribution in [0.5, 0.6) is 0 Å². The highest BCUT2D eigenvalue weighted by atomic mass is 16.1. The molecule has 0 amide bonds. The number of rotatable bonds is 0. The third kappa shape index (κ3) is 1.72. The highest BCUT2D eigenvalue weighted by Crippen LogP contribution is 2.65.